The van der Waals surface area contributed by atoms with Crippen molar-refractivity contribution < 1.29 is 19.2 Å². The SMILES string of the molecule is CC(=O)[C@H](C)N1C(=O)C(=O)N(Cc2cccc(Cl)c2)C1=O. The van der Waals surface area contributed by atoms with Gasteiger partial charge in [0.2, 0.25) is 0 Å². The summed E-state index contributed by atoms with van der Waals surface area (Å²) >= 11 is 5.84. The first-order chi connectivity index (χ1) is 9.82. The molecule has 6 nitrogen and oxygen atoms in total. The summed E-state index contributed by atoms with van der Waals surface area (Å²) in [6.45, 7) is 2.61. The van der Waals surface area contributed by atoms with Gasteiger partial charge in [0.05, 0.1) is 12.6 Å². The largest absolute Gasteiger partial charge is 0.335 e. The number of hydrogen-bond acceptors (Lipinski definition) is 4. The molecule has 21 heavy (non-hydrogen) atoms. The van der Waals surface area contributed by atoms with Crippen molar-refractivity contribution in [3.05, 3.63) is 34.9 Å². The predicted octanol–water partition coefficient (Wildman–Crippen LogP) is 1.61. The number of benzene rings is 1. The maximum atomic E-state index is 12.2. The zero-order valence-corrected chi connectivity index (χ0v) is 12.3. The van der Waals surface area contributed by atoms with Gasteiger partial charge in [0.15, 0.2) is 5.78 Å². The first-order valence-corrected chi connectivity index (χ1v) is 6.64. The van der Waals surface area contributed by atoms with Crippen LogP contribution >= 0.6 is 11.6 Å². The first kappa shape index (κ1) is 15.2. The molecule has 0 saturated carbocycles. The van der Waals surface area contributed by atoms with Crippen LogP contribution in [0.1, 0.15) is 19.4 Å². The van der Waals surface area contributed by atoms with Gasteiger partial charge in [-0.25, -0.2) is 9.69 Å². The first-order valence-electron chi connectivity index (χ1n) is 6.27. The number of carbonyl (C=O) groups is 4. The Bertz CT molecular complexity index is 644. The fourth-order valence-corrected chi connectivity index (χ4v) is 2.22. The molecule has 2 rings (SSSR count). The molecular weight excluding hydrogens is 296 g/mol. The third-order valence-electron chi connectivity index (χ3n) is 3.29. The lowest BCUT2D eigenvalue weighted by Crippen LogP contribution is -2.43. The van der Waals surface area contributed by atoms with E-state index in [1.807, 2.05) is 0 Å². The van der Waals surface area contributed by atoms with Gasteiger partial charge >= 0.3 is 17.8 Å². The Labute approximate surface area is 126 Å². The summed E-state index contributed by atoms with van der Waals surface area (Å²) in [6, 6.07) is 4.89. The zero-order chi connectivity index (χ0) is 15.7. The smallest absolute Gasteiger partial charge is 0.298 e. The predicted molar refractivity (Wildman–Crippen MR) is 74.4 cm³/mol. The molecule has 1 aromatic carbocycles. The van der Waals surface area contributed by atoms with Crippen LogP contribution in [-0.4, -0.2) is 39.5 Å². The van der Waals surface area contributed by atoms with E-state index in [-0.39, 0.29) is 12.3 Å². The number of amides is 4. The van der Waals surface area contributed by atoms with Crippen molar-refractivity contribution in [3.8, 4) is 0 Å². The lowest BCUT2D eigenvalue weighted by molar-refractivity contribution is -0.145. The van der Waals surface area contributed by atoms with Crippen molar-refractivity contribution in [2.45, 2.75) is 26.4 Å². The number of imide groups is 2. The second-order valence-electron chi connectivity index (χ2n) is 4.77. The lowest BCUT2D eigenvalue weighted by atomic mass is 10.2. The van der Waals surface area contributed by atoms with Gasteiger partial charge in [-0.3, -0.25) is 19.3 Å². The Morgan fingerprint density at radius 3 is 2.48 bits per heavy atom. The van der Waals surface area contributed by atoms with Gasteiger partial charge in [-0.1, -0.05) is 23.7 Å². The third kappa shape index (κ3) is 2.80. The number of rotatable bonds is 4. The van der Waals surface area contributed by atoms with Crippen LogP contribution in [-0.2, 0) is 20.9 Å². The molecule has 0 bridgehead atoms. The van der Waals surface area contributed by atoms with E-state index in [0.717, 1.165) is 4.90 Å². The molecule has 0 N–H and O–H groups in total. The second kappa shape index (κ2) is 5.65. The molecule has 1 aromatic rings. The molecule has 0 spiro atoms. The van der Waals surface area contributed by atoms with Crippen LogP contribution in [0, 0.1) is 0 Å². The molecule has 0 aliphatic carbocycles. The minimum atomic E-state index is -0.982. The molecule has 4 amide bonds. The molecule has 1 aliphatic heterocycles. The van der Waals surface area contributed by atoms with E-state index in [4.69, 9.17) is 11.6 Å². The van der Waals surface area contributed by atoms with Crippen molar-refractivity contribution in [1.29, 1.82) is 0 Å². The maximum Gasteiger partial charge on any atom is 0.335 e. The number of hydrogen-bond donors (Lipinski definition) is 0. The summed E-state index contributed by atoms with van der Waals surface area (Å²) in [5, 5.41) is 0.465. The highest BCUT2D eigenvalue weighted by molar-refractivity contribution is 6.45. The zero-order valence-electron chi connectivity index (χ0n) is 11.5. The fraction of sp³-hybridized carbons (Fsp3) is 0.286. The van der Waals surface area contributed by atoms with Crippen LogP contribution < -0.4 is 0 Å². The van der Waals surface area contributed by atoms with Crippen molar-refractivity contribution in [2.75, 3.05) is 0 Å². The normalized spacial score (nSPS) is 16.6. The van der Waals surface area contributed by atoms with Crippen molar-refractivity contribution in [2.24, 2.45) is 0 Å². The molecule has 110 valence electrons. The van der Waals surface area contributed by atoms with Gasteiger partial charge in [-0.05, 0) is 31.5 Å². The lowest BCUT2D eigenvalue weighted by Gasteiger charge is -2.19. The molecule has 1 fully saturated rings. The average Bonchev–Trinajstić information content (AvgIpc) is 2.62. The number of ketones is 1. The number of nitrogens with zero attached hydrogens (tertiary/aromatic N) is 2. The van der Waals surface area contributed by atoms with Crippen LogP contribution in [0.5, 0.6) is 0 Å². The molecule has 1 aliphatic rings. The Kier molecular flexibility index (Phi) is 4.09. The number of carbonyl (C=O) groups excluding carboxylic acids is 4. The Balaban J connectivity index is 2.26. The summed E-state index contributed by atoms with van der Waals surface area (Å²) < 4.78 is 0. The van der Waals surface area contributed by atoms with E-state index in [1.54, 1.807) is 24.3 Å². The number of urea groups is 1. The van der Waals surface area contributed by atoms with Crippen LogP contribution in [0.25, 0.3) is 0 Å². The summed E-state index contributed by atoms with van der Waals surface area (Å²) in [7, 11) is 0. The highest BCUT2D eigenvalue weighted by atomic mass is 35.5. The van der Waals surface area contributed by atoms with Gasteiger partial charge in [0.25, 0.3) is 0 Å². The van der Waals surface area contributed by atoms with Crippen LogP contribution in [0.3, 0.4) is 0 Å². The Morgan fingerprint density at radius 1 is 1.24 bits per heavy atom. The van der Waals surface area contributed by atoms with E-state index in [9.17, 15) is 19.2 Å². The van der Waals surface area contributed by atoms with E-state index in [1.165, 1.54) is 13.8 Å². The van der Waals surface area contributed by atoms with Crippen molar-refractivity contribution in [1.82, 2.24) is 9.80 Å². The molecule has 0 radical (unpaired) electrons. The minimum Gasteiger partial charge on any atom is -0.298 e. The molecular formula is C14H13ClN2O4. The monoisotopic (exact) mass is 308 g/mol. The van der Waals surface area contributed by atoms with Crippen molar-refractivity contribution >= 4 is 35.2 Å². The number of Topliss-reactive ketones (excluding diaryl/α,β-unsaturated/α-hetero) is 1. The van der Waals surface area contributed by atoms with Crippen molar-refractivity contribution in [3.63, 3.8) is 0 Å². The van der Waals surface area contributed by atoms with Crippen LogP contribution in [0.2, 0.25) is 5.02 Å². The standard InChI is InChI=1S/C14H13ClN2O4/c1-8(9(2)18)17-13(20)12(19)16(14(17)21)7-10-4-3-5-11(15)6-10/h3-6,8H,7H2,1-2H3/t8-/m0/s1. The average molecular weight is 309 g/mol. The van der Waals surface area contributed by atoms with E-state index >= 15 is 0 Å². The molecule has 1 saturated heterocycles. The van der Waals surface area contributed by atoms with E-state index < -0.39 is 23.9 Å². The van der Waals surface area contributed by atoms with Gasteiger partial charge in [-0.15, -0.1) is 0 Å². The van der Waals surface area contributed by atoms with E-state index in [0.29, 0.717) is 15.5 Å². The van der Waals surface area contributed by atoms with Gasteiger partial charge in [0, 0.05) is 5.02 Å². The topological polar surface area (TPSA) is 74.8 Å². The van der Waals surface area contributed by atoms with Gasteiger partial charge in [-0.2, -0.15) is 0 Å². The quantitative estimate of drug-likeness (QED) is 0.625. The fourth-order valence-electron chi connectivity index (χ4n) is 2.00. The minimum absolute atomic E-state index is 0.0644. The Hall–Kier alpha value is -2.21. The molecule has 1 atom stereocenters. The molecule has 0 unspecified atom stereocenters. The summed E-state index contributed by atoms with van der Waals surface area (Å²) in [6.07, 6.45) is 0. The molecule has 0 aromatic heterocycles. The van der Waals surface area contributed by atoms with Crippen LogP contribution in [0.4, 0.5) is 4.79 Å². The number of halogens is 1. The highest BCUT2D eigenvalue weighted by Gasteiger charge is 2.47. The highest BCUT2D eigenvalue weighted by Crippen LogP contribution is 2.20. The van der Waals surface area contributed by atoms with Gasteiger partial charge in [0.1, 0.15) is 0 Å². The summed E-state index contributed by atoms with van der Waals surface area (Å²) in [4.78, 5) is 48.8. The maximum absolute atomic E-state index is 12.2. The Morgan fingerprint density at radius 2 is 1.90 bits per heavy atom. The van der Waals surface area contributed by atoms with Crippen LogP contribution in [0.15, 0.2) is 24.3 Å². The summed E-state index contributed by atoms with van der Waals surface area (Å²) in [5.74, 6) is -2.29. The van der Waals surface area contributed by atoms with E-state index in [2.05, 4.69) is 0 Å². The summed E-state index contributed by atoms with van der Waals surface area (Å²) in [5.41, 5.74) is 0.620. The third-order valence-corrected chi connectivity index (χ3v) is 3.52. The van der Waals surface area contributed by atoms with Gasteiger partial charge < -0.3 is 0 Å². The molecule has 1 heterocycles. The second-order valence-corrected chi connectivity index (χ2v) is 5.20. The molecule has 7 heteroatoms.